The molecular formula is C19H23N3O3S. The van der Waals surface area contributed by atoms with E-state index < -0.39 is 10.0 Å². The second kappa shape index (κ2) is 8.42. The first kappa shape index (κ1) is 18.5. The Bertz CT molecular complexity index is 832. The summed E-state index contributed by atoms with van der Waals surface area (Å²) >= 11 is 0. The number of rotatable bonds is 9. The zero-order valence-corrected chi connectivity index (χ0v) is 15.3. The molecule has 1 aromatic carbocycles. The topological polar surface area (TPSA) is 88.2 Å². The summed E-state index contributed by atoms with van der Waals surface area (Å²) in [6, 6.07) is 12.5. The minimum Gasteiger partial charge on any atom is -0.356 e. The average Bonchev–Trinajstić information content (AvgIpc) is 3.44. The number of benzene rings is 1. The maximum absolute atomic E-state index is 12.1. The number of aromatic nitrogens is 1. The van der Waals surface area contributed by atoms with Crippen LogP contribution in [0.15, 0.2) is 53.6 Å². The van der Waals surface area contributed by atoms with Crippen molar-refractivity contribution in [2.45, 2.75) is 43.0 Å². The molecule has 26 heavy (non-hydrogen) atoms. The van der Waals surface area contributed by atoms with Gasteiger partial charge in [0, 0.05) is 37.3 Å². The number of hydrogen-bond acceptors (Lipinski definition) is 4. The van der Waals surface area contributed by atoms with E-state index in [0.29, 0.717) is 25.8 Å². The number of amides is 1. The molecule has 1 aromatic heterocycles. The standard InChI is InChI=1S/C19H23N3O3S/c23-19(21-14-12-16-3-1-2-13-20-16)11-6-15-4-9-18(10-5-15)26(24,25)22-17-7-8-17/h1-5,9-10,13,17,22H,6-8,11-12,14H2,(H,21,23). The highest BCUT2D eigenvalue weighted by atomic mass is 32.2. The van der Waals surface area contributed by atoms with E-state index in [1.165, 1.54) is 0 Å². The molecule has 1 aliphatic carbocycles. The molecule has 3 rings (SSSR count). The number of sulfonamides is 1. The van der Waals surface area contributed by atoms with Crippen molar-refractivity contribution in [2.75, 3.05) is 6.54 Å². The van der Waals surface area contributed by atoms with Crippen LogP contribution in [0, 0.1) is 0 Å². The van der Waals surface area contributed by atoms with E-state index in [1.807, 2.05) is 18.2 Å². The lowest BCUT2D eigenvalue weighted by Gasteiger charge is -2.07. The molecule has 0 unspecified atom stereocenters. The molecular weight excluding hydrogens is 350 g/mol. The molecule has 0 atom stereocenters. The minimum atomic E-state index is -3.42. The van der Waals surface area contributed by atoms with Gasteiger partial charge in [0.1, 0.15) is 0 Å². The first-order valence-electron chi connectivity index (χ1n) is 8.81. The number of hydrogen-bond donors (Lipinski definition) is 2. The monoisotopic (exact) mass is 373 g/mol. The molecule has 1 amide bonds. The first-order chi connectivity index (χ1) is 12.5. The third-order valence-corrected chi connectivity index (χ3v) is 5.74. The Morgan fingerprint density at radius 3 is 2.50 bits per heavy atom. The highest BCUT2D eigenvalue weighted by Crippen LogP contribution is 2.22. The van der Waals surface area contributed by atoms with Crippen LogP contribution < -0.4 is 10.0 Å². The number of aryl methyl sites for hydroxylation is 1. The second-order valence-electron chi connectivity index (χ2n) is 6.46. The predicted octanol–water partition coefficient (Wildman–Crippen LogP) is 1.81. The normalized spacial score (nSPS) is 14.2. The second-order valence-corrected chi connectivity index (χ2v) is 8.17. The summed E-state index contributed by atoms with van der Waals surface area (Å²) in [6.07, 6.45) is 5.20. The van der Waals surface area contributed by atoms with Crippen molar-refractivity contribution in [1.82, 2.24) is 15.0 Å². The smallest absolute Gasteiger partial charge is 0.240 e. The van der Waals surface area contributed by atoms with Gasteiger partial charge in [0.05, 0.1) is 4.90 Å². The van der Waals surface area contributed by atoms with Crippen LogP contribution in [0.5, 0.6) is 0 Å². The molecule has 0 aliphatic heterocycles. The van der Waals surface area contributed by atoms with Crippen molar-refractivity contribution in [3.05, 3.63) is 59.9 Å². The third kappa shape index (κ3) is 5.64. The van der Waals surface area contributed by atoms with Crippen LogP contribution in [0.4, 0.5) is 0 Å². The molecule has 1 fully saturated rings. The molecule has 2 N–H and O–H groups in total. The Morgan fingerprint density at radius 2 is 1.85 bits per heavy atom. The van der Waals surface area contributed by atoms with Crippen molar-refractivity contribution >= 4 is 15.9 Å². The lowest BCUT2D eigenvalue weighted by atomic mass is 10.1. The van der Waals surface area contributed by atoms with Crippen molar-refractivity contribution < 1.29 is 13.2 Å². The molecule has 2 aromatic rings. The van der Waals surface area contributed by atoms with Gasteiger partial charge in [0.25, 0.3) is 0 Å². The Balaban J connectivity index is 1.42. The fourth-order valence-electron chi connectivity index (χ4n) is 2.55. The van der Waals surface area contributed by atoms with Crippen LogP contribution >= 0.6 is 0 Å². The predicted molar refractivity (Wildman–Crippen MR) is 99.1 cm³/mol. The quantitative estimate of drug-likeness (QED) is 0.702. The largest absolute Gasteiger partial charge is 0.356 e. The number of carbonyl (C=O) groups excluding carboxylic acids is 1. The summed E-state index contributed by atoms with van der Waals surface area (Å²) in [5, 5.41) is 2.88. The summed E-state index contributed by atoms with van der Waals surface area (Å²) < 4.78 is 26.9. The van der Waals surface area contributed by atoms with Gasteiger partial charge >= 0.3 is 0 Å². The van der Waals surface area contributed by atoms with Crippen LogP contribution in [-0.2, 0) is 27.7 Å². The van der Waals surface area contributed by atoms with E-state index in [1.54, 1.807) is 30.5 Å². The van der Waals surface area contributed by atoms with Crippen molar-refractivity contribution in [2.24, 2.45) is 0 Å². The van der Waals surface area contributed by atoms with Crippen LogP contribution in [0.1, 0.15) is 30.5 Å². The molecule has 7 heteroatoms. The van der Waals surface area contributed by atoms with E-state index in [0.717, 1.165) is 24.1 Å². The van der Waals surface area contributed by atoms with Gasteiger partial charge in [-0.2, -0.15) is 0 Å². The molecule has 1 aliphatic rings. The van der Waals surface area contributed by atoms with Crippen LogP contribution in [0.25, 0.3) is 0 Å². The van der Waals surface area contributed by atoms with Gasteiger partial charge in [-0.1, -0.05) is 18.2 Å². The summed E-state index contributed by atoms with van der Waals surface area (Å²) in [4.78, 5) is 16.4. The SMILES string of the molecule is O=C(CCc1ccc(S(=O)(=O)NC2CC2)cc1)NCCc1ccccn1. The van der Waals surface area contributed by atoms with Crippen LogP contribution in [-0.4, -0.2) is 31.9 Å². The van der Waals surface area contributed by atoms with Gasteiger partial charge < -0.3 is 5.32 Å². The highest BCUT2D eigenvalue weighted by molar-refractivity contribution is 7.89. The molecule has 0 radical (unpaired) electrons. The Labute approximate surface area is 154 Å². The Morgan fingerprint density at radius 1 is 1.08 bits per heavy atom. The summed E-state index contributed by atoms with van der Waals surface area (Å²) in [5.41, 5.74) is 1.89. The molecule has 0 bridgehead atoms. The van der Waals surface area contributed by atoms with Gasteiger partial charge in [-0.15, -0.1) is 0 Å². The van der Waals surface area contributed by atoms with E-state index in [-0.39, 0.29) is 16.8 Å². The zero-order chi connectivity index (χ0) is 18.4. The Kier molecular flexibility index (Phi) is 6.00. The van der Waals surface area contributed by atoms with Crippen molar-refractivity contribution in [1.29, 1.82) is 0 Å². The molecule has 1 heterocycles. The molecule has 138 valence electrons. The van der Waals surface area contributed by atoms with Gasteiger partial charge in [0.15, 0.2) is 0 Å². The van der Waals surface area contributed by atoms with Crippen molar-refractivity contribution in [3.63, 3.8) is 0 Å². The van der Waals surface area contributed by atoms with Gasteiger partial charge in [0.2, 0.25) is 15.9 Å². The van der Waals surface area contributed by atoms with E-state index >= 15 is 0 Å². The van der Waals surface area contributed by atoms with Gasteiger partial charge in [-0.05, 0) is 49.1 Å². The molecule has 0 spiro atoms. The minimum absolute atomic E-state index is 0.0203. The van der Waals surface area contributed by atoms with E-state index in [4.69, 9.17) is 0 Å². The van der Waals surface area contributed by atoms with Crippen LogP contribution in [0.3, 0.4) is 0 Å². The van der Waals surface area contributed by atoms with Gasteiger partial charge in [-0.3, -0.25) is 9.78 Å². The number of carbonyl (C=O) groups is 1. The Hall–Kier alpha value is -2.25. The summed E-state index contributed by atoms with van der Waals surface area (Å²) in [7, 11) is -3.42. The third-order valence-electron chi connectivity index (χ3n) is 4.20. The number of nitrogens with zero attached hydrogens (tertiary/aromatic N) is 1. The van der Waals surface area contributed by atoms with Gasteiger partial charge in [-0.25, -0.2) is 13.1 Å². The molecule has 6 nitrogen and oxygen atoms in total. The van der Waals surface area contributed by atoms with E-state index in [9.17, 15) is 13.2 Å². The highest BCUT2D eigenvalue weighted by Gasteiger charge is 2.27. The lowest BCUT2D eigenvalue weighted by molar-refractivity contribution is -0.121. The maximum atomic E-state index is 12.1. The average molecular weight is 373 g/mol. The van der Waals surface area contributed by atoms with Crippen LogP contribution in [0.2, 0.25) is 0 Å². The fraction of sp³-hybridized carbons (Fsp3) is 0.368. The lowest BCUT2D eigenvalue weighted by Crippen LogP contribution is -2.26. The summed E-state index contributed by atoms with van der Waals surface area (Å²) in [6.45, 7) is 0.555. The summed E-state index contributed by atoms with van der Waals surface area (Å²) in [5.74, 6) is -0.0203. The van der Waals surface area contributed by atoms with Crippen molar-refractivity contribution in [3.8, 4) is 0 Å². The molecule has 1 saturated carbocycles. The van der Waals surface area contributed by atoms with E-state index in [2.05, 4.69) is 15.0 Å². The molecule has 0 saturated heterocycles. The zero-order valence-electron chi connectivity index (χ0n) is 14.5. The maximum Gasteiger partial charge on any atom is 0.240 e. The first-order valence-corrected chi connectivity index (χ1v) is 10.3. The fourth-order valence-corrected chi connectivity index (χ4v) is 3.85. The number of nitrogens with one attached hydrogen (secondary N) is 2. The number of pyridine rings is 1.